The van der Waals surface area contributed by atoms with Crippen LogP contribution in [0.5, 0.6) is 0 Å². The summed E-state index contributed by atoms with van der Waals surface area (Å²) in [7, 11) is 0. The van der Waals surface area contributed by atoms with Crippen molar-refractivity contribution < 1.29 is 23.6 Å². The maximum Gasteiger partial charge on any atom is 0.322 e. The Morgan fingerprint density at radius 3 is 2.43 bits per heavy atom. The molecule has 0 aliphatic carbocycles. The number of nitrogens with zero attached hydrogens (tertiary/aromatic N) is 8. The minimum atomic E-state index is -0.619. The van der Waals surface area contributed by atoms with Gasteiger partial charge < -0.3 is 29.8 Å². The second-order valence-corrected chi connectivity index (χ2v) is 17.2. The van der Waals surface area contributed by atoms with Gasteiger partial charge in [0.05, 0.1) is 16.8 Å². The van der Waals surface area contributed by atoms with Crippen molar-refractivity contribution in [2.24, 2.45) is 5.92 Å². The minimum Gasteiger partial charge on any atom is -0.369 e. The van der Waals surface area contributed by atoms with Gasteiger partial charge in [-0.15, -0.1) is 0 Å². The fourth-order valence-corrected chi connectivity index (χ4v) is 9.95. The molecule has 2 N–H and O–H groups in total. The molecule has 9 rings (SSSR count). The number of aromatic nitrogens is 1. The van der Waals surface area contributed by atoms with Gasteiger partial charge in [-0.3, -0.25) is 29.6 Å². The summed E-state index contributed by atoms with van der Waals surface area (Å²) in [6, 6.07) is 19.8. The monoisotopic (exact) mass is 826 g/mol. The van der Waals surface area contributed by atoms with Crippen LogP contribution in [0.3, 0.4) is 0 Å². The molecule has 0 saturated carbocycles. The maximum absolute atomic E-state index is 15.7. The molecule has 4 saturated heterocycles. The van der Waals surface area contributed by atoms with E-state index < -0.39 is 11.9 Å². The number of hydrogen-bond acceptors (Lipinski definition) is 10. The molecule has 4 aromatic rings. The van der Waals surface area contributed by atoms with E-state index in [0.717, 1.165) is 81.0 Å². The Hall–Kier alpha value is -6.27. The van der Waals surface area contributed by atoms with E-state index in [9.17, 15) is 24.4 Å². The van der Waals surface area contributed by atoms with E-state index in [-0.39, 0.29) is 42.2 Å². The lowest BCUT2D eigenvalue weighted by Gasteiger charge is -2.45. The van der Waals surface area contributed by atoms with Crippen molar-refractivity contribution in [3.8, 4) is 6.07 Å². The van der Waals surface area contributed by atoms with Crippen LogP contribution in [0.2, 0.25) is 0 Å². The largest absolute Gasteiger partial charge is 0.369 e. The van der Waals surface area contributed by atoms with Crippen molar-refractivity contribution in [1.29, 1.82) is 5.26 Å². The third-order valence-electron chi connectivity index (χ3n) is 13.3. The Labute approximate surface area is 354 Å². The predicted molar refractivity (Wildman–Crippen MR) is 231 cm³/mol. The lowest BCUT2D eigenvalue weighted by Crippen LogP contribution is -2.59. The smallest absolute Gasteiger partial charge is 0.322 e. The molecule has 4 fully saturated rings. The fourth-order valence-electron chi connectivity index (χ4n) is 9.95. The van der Waals surface area contributed by atoms with Crippen LogP contribution in [0.1, 0.15) is 61.0 Å². The van der Waals surface area contributed by atoms with Crippen molar-refractivity contribution >= 4 is 57.4 Å². The number of piperidine rings is 2. The van der Waals surface area contributed by atoms with Crippen LogP contribution in [0.4, 0.5) is 31.9 Å². The third-order valence-corrected chi connectivity index (χ3v) is 13.3. The topological polar surface area (TPSA) is 148 Å². The van der Waals surface area contributed by atoms with E-state index in [1.54, 1.807) is 34.2 Å². The van der Waals surface area contributed by atoms with Crippen LogP contribution in [0.15, 0.2) is 66.9 Å². The molecule has 316 valence electrons. The summed E-state index contributed by atoms with van der Waals surface area (Å²) >= 11 is 0. The summed E-state index contributed by atoms with van der Waals surface area (Å²) in [5.41, 5.74) is 5.78. The molecule has 0 bridgehead atoms. The van der Waals surface area contributed by atoms with Crippen LogP contribution in [0.25, 0.3) is 10.9 Å². The SMILES string of the molecule is C[C@@H]1CN(c2ccc(C#N)c3ncccc23)[C@@H](C)CN1C(=O)Nc1ccc(N2CCC(CN3CCN(c4ccc5c(c4)CN(C4CCC(=O)NC4=O)C5=O)CC3)CC2)c(F)c1. The number of rotatable bonds is 7. The van der Waals surface area contributed by atoms with Crippen LogP contribution < -0.4 is 25.3 Å². The number of carbonyl (C=O) groups excluding carboxylic acids is 4. The zero-order valence-electron chi connectivity index (χ0n) is 34.6. The van der Waals surface area contributed by atoms with Gasteiger partial charge in [0.25, 0.3) is 5.91 Å². The van der Waals surface area contributed by atoms with E-state index in [4.69, 9.17) is 0 Å². The molecule has 15 heteroatoms. The lowest BCUT2D eigenvalue weighted by molar-refractivity contribution is -0.136. The summed E-state index contributed by atoms with van der Waals surface area (Å²) in [5, 5.41) is 15.8. The highest BCUT2D eigenvalue weighted by atomic mass is 19.1. The average Bonchev–Trinajstić information content (AvgIpc) is 3.59. The molecule has 14 nitrogen and oxygen atoms in total. The molecular formula is C46H51FN10O4. The number of benzene rings is 3. The Morgan fingerprint density at radius 1 is 0.885 bits per heavy atom. The molecule has 0 radical (unpaired) electrons. The van der Waals surface area contributed by atoms with Gasteiger partial charge >= 0.3 is 6.03 Å². The molecule has 5 aliphatic heterocycles. The summed E-state index contributed by atoms with van der Waals surface area (Å²) in [6.07, 6.45) is 4.22. The van der Waals surface area contributed by atoms with Gasteiger partial charge in [-0.25, -0.2) is 9.18 Å². The first-order valence-corrected chi connectivity index (χ1v) is 21.5. The number of nitrogens with one attached hydrogen (secondary N) is 2. The van der Waals surface area contributed by atoms with Gasteiger partial charge in [-0.1, -0.05) is 0 Å². The van der Waals surface area contributed by atoms with Crippen LogP contribution in [-0.2, 0) is 16.1 Å². The van der Waals surface area contributed by atoms with Gasteiger partial charge in [0.1, 0.15) is 17.9 Å². The zero-order chi connectivity index (χ0) is 42.4. The van der Waals surface area contributed by atoms with E-state index in [2.05, 4.69) is 54.3 Å². The number of urea groups is 1. The van der Waals surface area contributed by atoms with Crippen LogP contribution in [-0.4, -0.2) is 120 Å². The lowest BCUT2D eigenvalue weighted by atomic mass is 9.95. The summed E-state index contributed by atoms with van der Waals surface area (Å²) < 4.78 is 15.7. The van der Waals surface area contributed by atoms with E-state index in [1.165, 1.54) is 6.07 Å². The van der Waals surface area contributed by atoms with Crippen molar-refractivity contribution in [1.82, 2.24) is 25.0 Å². The molecular weight excluding hydrogens is 776 g/mol. The first kappa shape index (κ1) is 40.2. The zero-order valence-corrected chi connectivity index (χ0v) is 34.6. The second kappa shape index (κ2) is 16.6. The van der Waals surface area contributed by atoms with Crippen molar-refractivity contribution in [3.63, 3.8) is 0 Å². The number of carbonyl (C=O) groups is 4. The van der Waals surface area contributed by atoms with Crippen molar-refractivity contribution in [3.05, 3.63) is 89.4 Å². The van der Waals surface area contributed by atoms with Gasteiger partial charge in [-0.05, 0) is 105 Å². The van der Waals surface area contributed by atoms with E-state index in [1.807, 2.05) is 37.3 Å². The number of halogens is 1. The second-order valence-electron chi connectivity index (χ2n) is 17.2. The Morgan fingerprint density at radius 2 is 1.67 bits per heavy atom. The van der Waals surface area contributed by atoms with Gasteiger partial charge in [0, 0.05) is 118 Å². The predicted octanol–water partition coefficient (Wildman–Crippen LogP) is 5.18. The Kier molecular flexibility index (Phi) is 11.0. The Balaban J connectivity index is 0.735. The minimum absolute atomic E-state index is 0.00241. The number of piperazine rings is 2. The van der Waals surface area contributed by atoms with Gasteiger partial charge in [-0.2, -0.15) is 5.26 Å². The summed E-state index contributed by atoms with van der Waals surface area (Å²) in [6.45, 7) is 11.7. The highest BCUT2D eigenvalue weighted by molar-refractivity contribution is 6.05. The standard InChI is InChI=1S/C46H51FN10O4/c1-29-26-56(30(2)25-55(29)39-9-5-32(24-48)43-37(39)4-3-15-49-43)46(61)50-34-6-10-40(38(47)23-34)54-16-13-31(14-17-54)27-52-18-20-53(21-19-52)35-7-8-36-33(22-35)28-57(45(36)60)41-11-12-42(58)51-44(41)59/h3-10,15,22-23,29-31,41H,11-14,16-21,25-28H2,1-2H3,(H,50,61)(H,51,58,59)/t29-,30+,41?/m0/s1. The number of amides is 5. The van der Waals surface area contributed by atoms with E-state index >= 15 is 4.39 Å². The molecule has 6 heterocycles. The number of nitriles is 1. The Bertz CT molecular complexity index is 2420. The average molecular weight is 827 g/mol. The molecule has 3 atom stereocenters. The van der Waals surface area contributed by atoms with Crippen LogP contribution in [0, 0.1) is 23.1 Å². The molecule has 61 heavy (non-hydrogen) atoms. The number of fused-ring (bicyclic) bond motifs is 2. The highest BCUT2D eigenvalue weighted by Gasteiger charge is 2.39. The normalized spacial score (nSPS) is 22.7. The molecule has 1 unspecified atom stereocenters. The molecule has 1 aromatic heterocycles. The quantitative estimate of drug-likeness (QED) is 0.239. The van der Waals surface area contributed by atoms with Crippen molar-refractivity contribution in [2.45, 2.75) is 64.2 Å². The maximum atomic E-state index is 15.7. The molecule has 3 aromatic carbocycles. The third kappa shape index (κ3) is 7.92. The fraction of sp³-hybridized carbons (Fsp3) is 0.435. The number of imide groups is 1. The van der Waals surface area contributed by atoms with E-state index in [0.29, 0.717) is 60.0 Å². The molecule has 0 spiro atoms. The first-order valence-electron chi connectivity index (χ1n) is 21.5. The number of pyridine rings is 1. The molecule has 5 aliphatic rings. The number of anilines is 4. The number of hydrogen-bond donors (Lipinski definition) is 2. The summed E-state index contributed by atoms with van der Waals surface area (Å²) in [5.74, 6) is -0.673. The first-order chi connectivity index (χ1) is 29.5. The van der Waals surface area contributed by atoms with Crippen molar-refractivity contribution in [2.75, 3.05) is 78.9 Å². The van der Waals surface area contributed by atoms with Gasteiger partial charge in [0.15, 0.2) is 0 Å². The highest BCUT2D eigenvalue weighted by Crippen LogP contribution is 2.34. The summed E-state index contributed by atoms with van der Waals surface area (Å²) in [4.78, 5) is 67.9. The van der Waals surface area contributed by atoms with Gasteiger partial charge in [0.2, 0.25) is 11.8 Å². The molecule has 5 amide bonds. The van der Waals surface area contributed by atoms with Crippen LogP contribution >= 0.6 is 0 Å².